The van der Waals surface area contributed by atoms with Gasteiger partial charge in [0.25, 0.3) is 0 Å². The van der Waals surface area contributed by atoms with E-state index in [-0.39, 0.29) is 0 Å². The molecule has 5 heteroatoms. The average molecular weight is 283 g/mol. The molecule has 0 radical (unpaired) electrons. The standard InChI is InChI=1S/C15H29N3O2/c1-4-12(2)18-9-7-17(8-10-18)11-15(16-3,14(19)20)13-5-6-13/h12-13,16H,4-11H2,1-3H3,(H,19,20). The molecule has 1 aliphatic carbocycles. The molecule has 1 saturated carbocycles. The van der Waals surface area contributed by atoms with Crippen molar-refractivity contribution in [2.45, 2.75) is 44.7 Å². The molecule has 0 aromatic carbocycles. The van der Waals surface area contributed by atoms with E-state index in [1.54, 1.807) is 7.05 Å². The molecule has 2 aliphatic rings. The van der Waals surface area contributed by atoms with E-state index in [1.807, 2.05) is 0 Å². The number of carboxylic acid groups (broad SMARTS) is 1. The van der Waals surface area contributed by atoms with Crippen LogP contribution in [0.25, 0.3) is 0 Å². The zero-order chi connectivity index (χ0) is 14.8. The summed E-state index contributed by atoms with van der Waals surface area (Å²) in [5.41, 5.74) is -0.738. The first-order valence-corrected chi connectivity index (χ1v) is 7.92. The Kier molecular flexibility index (Phi) is 5.04. The number of piperazine rings is 1. The number of rotatable bonds is 7. The van der Waals surface area contributed by atoms with Crippen molar-refractivity contribution in [3.05, 3.63) is 0 Å². The molecule has 1 saturated heterocycles. The van der Waals surface area contributed by atoms with E-state index in [0.717, 1.165) is 39.0 Å². The Labute approximate surface area is 122 Å². The van der Waals surface area contributed by atoms with Crippen molar-refractivity contribution in [2.75, 3.05) is 39.8 Å². The molecule has 5 nitrogen and oxygen atoms in total. The van der Waals surface area contributed by atoms with Crippen LogP contribution < -0.4 is 5.32 Å². The second-order valence-electron chi connectivity index (χ2n) is 6.37. The molecular formula is C15H29N3O2. The van der Waals surface area contributed by atoms with Gasteiger partial charge in [0.15, 0.2) is 0 Å². The molecule has 0 amide bonds. The number of aliphatic carboxylic acids is 1. The van der Waals surface area contributed by atoms with Crippen LogP contribution in [0.1, 0.15) is 33.1 Å². The summed E-state index contributed by atoms with van der Waals surface area (Å²) in [6.45, 7) is 9.20. The lowest BCUT2D eigenvalue weighted by Crippen LogP contribution is -2.62. The van der Waals surface area contributed by atoms with E-state index in [0.29, 0.717) is 18.5 Å². The Morgan fingerprint density at radius 3 is 2.35 bits per heavy atom. The molecule has 20 heavy (non-hydrogen) atoms. The maximum absolute atomic E-state index is 11.7. The third-order valence-corrected chi connectivity index (χ3v) is 5.20. The summed E-state index contributed by atoms with van der Waals surface area (Å²) in [5, 5.41) is 12.8. The van der Waals surface area contributed by atoms with Crippen LogP contribution in [0.4, 0.5) is 0 Å². The number of carboxylic acids is 1. The van der Waals surface area contributed by atoms with Gasteiger partial charge in [-0.3, -0.25) is 14.6 Å². The van der Waals surface area contributed by atoms with E-state index in [9.17, 15) is 9.90 Å². The van der Waals surface area contributed by atoms with Crippen LogP contribution in [0.3, 0.4) is 0 Å². The third kappa shape index (κ3) is 3.15. The highest BCUT2D eigenvalue weighted by Gasteiger charge is 2.51. The number of carbonyl (C=O) groups is 1. The smallest absolute Gasteiger partial charge is 0.325 e. The fourth-order valence-electron chi connectivity index (χ4n) is 3.31. The molecule has 0 aromatic heterocycles. The van der Waals surface area contributed by atoms with E-state index >= 15 is 0 Å². The highest BCUT2D eigenvalue weighted by atomic mass is 16.4. The van der Waals surface area contributed by atoms with Gasteiger partial charge in [-0.1, -0.05) is 6.92 Å². The van der Waals surface area contributed by atoms with Crippen molar-refractivity contribution in [2.24, 2.45) is 5.92 Å². The number of hydrogen-bond donors (Lipinski definition) is 2. The van der Waals surface area contributed by atoms with Crippen LogP contribution in [0, 0.1) is 5.92 Å². The van der Waals surface area contributed by atoms with Gasteiger partial charge in [0.05, 0.1) is 0 Å². The molecule has 116 valence electrons. The Balaban J connectivity index is 1.92. The monoisotopic (exact) mass is 283 g/mol. The molecule has 0 spiro atoms. The Morgan fingerprint density at radius 1 is 1.35 bits per heavy atom. The van der Waals surface area contributed by atoms with E-state index in [4.69, 9.17) is 0 Å². The van der Waals surface area contributed by atoms with Gasteiger partial charge in [0, 0.05) is 38.8 Å². The molecule has 1 aliphatic heterocycles. The van der Waals surface area contributed by atoms with Crippen LogP contribution in [0.5, 0.6) is 0 Å². The van der Waals surface area contributed by atoms with Crippen LogP contribution in [0.2, 0.25) is 0 Å². The topological polar surface area (TPSA) is 55.8 Å². The Hall–Kier alpha value is -0.650. The first-order valence-electron chi connectivity index (χ1n) is 7.92. The van der Waals surface area contributed by atoms with Gasteiger partial charge < -0.3 is 10.4 Å². The molecular weight excluding hydrogens is 254 g/mol. The molecule has 2 fully saturated rings. The van der Waals surface area contributed by atoms with Gasteiger partial charge >= 0.3 is 5.97 Å². The van der Waals surface area contributed by atoms with Crippen LogP contribution in [-0.4, -0.2) is 72.2 Å². The zero-order valence-electron chi connectivity index (χ0n) is 13.1. The number of nitrogens with zero attached hydrogens (tertiary/aromatic N) is 2. The molecule has 2 unspecified atom stereocenters. The van der Waals surface area contributed by atoms with Crippen molar-refractivity contribution in [1.29, 1.82) is 0 Å². The largest absolute Gasteiger partial charge is 0.480 e. The molecule has 2 N–H and O–H groups in total. The minimum Gasteiger partial charge on any atom is -0.480 e. The minimum atomic E-state index is -0.738. The molecule has 0 bridgehead atoms. The van der Waals surface area contributed by atoms with Gasteiger partial charge in [-0.15, -0.1) is 0 Å². The van der Waals surface area contributed by atoms with Crippen LogP contribution in [0.15, 0.2) is 0 Å². The maximum Gasteiger partial charge on any atom is 0.325 e. The quantitative estimate of drug-likeness (QED) is 0.726. The predicted octanol–water partition coefficient (Wildman–Crippen LogP) is 0.855. The fraction of sp³-hybridized carbons (Fsp3) is 0.933. The summed E-state index contributed by atoms with van der Waals surface area (Å²) in [6.07, 6.45) is 3.26. The highest BCUT2D eigenvalue weighted by Crippen LogP contribution is 2.40. The normalized spacial score (nSPS) is 26.1. The van der Waals surface area contributed by atoms with Gasteiger partial charge in [0.1, 0.15) is 5.54 Å². The van der Waals surface area contributed by atoms with Crippen LogP contribution in [-0.2, 0) is 4.79 Å². The summed E-state index contributed by atoms with van der Waals surface area (Å²) < 4.78 is 0. The lowest BCUT2D eigenvalue weighted by Gasteiger charge is -2.41. The van der Waals surface area contributed by atoms with Crippen molar-refractivity contribution in [3.63, 3.8) is 0 Å². The van der Waals surface area contributed by atoms with Crippen molar-refractivity contribution < 1.29 is 9.90 Å². The van der Waals surface area contributed by atoms with Gasteiger partial charge in [-0.25, -0.2) is 0 Å². The first-order chi connectivity index (χ1) is 9.53. The maximum atomic E-state index is 11.7. The second kappa shape index (κ2) is 6.41. The summed E-state index contributed by atoms with van der Waals surface area (Å²) in [6, 6.07) is 0.633. The van der Waals surface area contributed by atoms with Gasteiger partial charge in [-0.2, -0.15) is 0 Å². The van der Waals surface area contributed by atoms with Crippen molar-refractivity contribution in [3.8, 4) is 0 Å². The zero-order valence-corrected chi connectivity index (χ0v) is 13.1. The Bertz CT molecular complexity index is 338. The summed E-state index contributed by atoms with van der Waals surface area (Å²) in [7, 11) is 1.79. The number of likely N-dealkylation sites (N-methyl/N-ethyl adjacent to an activating group) is 1. The summed E-state index contributed by atoms with van der Waals surface area (Å²) >= 11 is 0. The van der Waals surface area contributed by atoms with E-state index in [1.165, 1.54) is 6.42 Å². The van der Waals surface area contributed by atoms with Crippen molar-refractivity contribution in [1.82, 2.24) is 15.1 Å². The second-order valence-corrected chi connectivity index (χ2v) is 6.37. The van der Waals surface area contributed by atoms with Gasteiger partial charge in [-0.05, 0) is 39.2 Å². The highest BCUT2D eigenvalue weighted by molar-refractivity contribution is 5.80. The van der Waals surface area contributed by atoms with E-state index < -0.39 is 11.5 Å². The molecule has 2 atom stereocenters. The molecule has 2 rings (SSSR count). The first kappa shape index (κ1) is 15.7. The molecule has 0 aromatic rings. The SMILES string of the molecule is CCC(C)N1CCN(CC(NC)(C(=O)O)C2CC2)CC1. The van der Waals surface area contributed by atoms with E-state index in [2.05, 4.69) is 29.0 Å². The summed E-state index contributed by atoms with van der Waals surface area (Å²) in [5.74, 6) is -0.385. The van der Waals surface area contributed by atoms with Crippen LogP contribution >= 0.6 is 0 Å². The molecule has 1 heterocycles. The van der Waals surface area contributed by atoms with Crippen molar-refractivity contribution >= 4 is 5.97 Å². The van der Waals surface area contributed by atoms with Gasteiger partial charge in [0.2, 0.25) is 0 Å². The average Bonchev–Trinajstić information content (AvgIpc) is 3.29. The fourth-order valence-corrected chi connectivity index (χ4v) is 3.31. The number of hydrogen-bond acceptors (Lipinski definition) is 4. The lowest BCUT2D eigenvalue weighted by molar-refractivity contribution is -0.147. The lowest BCUT2D eigenvalue weighted by atomic mass is 9.92. The predicted molar refractivity (Wildman–Crippen MR) is 79.9 cm³/mol. The minimum absolute atomic E-state index is 0.303. The third-order valence-electron chi connectivity index (χ3n) is 5.20. The Morgan fingerprint density at radius 2 is 1.95 bits per heavy atom. The summed E-state index contributed by atoms with van der Waals surface area (Å²) in [4.78, 5) is 16.6. The number of nitrogens with one attached hydrogen (secondary N) is 1.